The van der Waals surface area contributed by atoms with Gasteiger partial charge in [0.1, 0.15) is 11.4 Å². The van der Waals surface area contributed by atoms with Crippen molar-refractivity contribution in [2.45, 2.75) is 39.5 Å². The number of rotatable bonds is 7. The van der Waals surface area contributed by atoms with Crippen LogP contribution in [0.3, 0.4) is 0 Å². The van der Waals surface area contributed by atoms with Crippen LogP contribution in [0, 0.1) is 27.7 Å². The van der Waals surface area contributed by atoms with Crippen molar-refractivity contribution in [1.82, 2.24) is 9.78 Å². The van der Waals surface area contributed by atoms with Crippen LogP contribution < -0.4 is 9.21 Å². The quantitative estimate of drug-likeness (QED) is 0.543. The summed E-state index contributed by atoms with van der Waals surface area (Å²) in [5.74, 6) is -0.305. The largest absolute Gasteiger partial charge is 0.311 e. The first-order valence-corrected chi connectivity index (χ1v) is 12.0. The van der Waals surface area contributed by atoms with Gasteiger partial charge in [0, 0.05) is 19.3 Å². The van der Waals surface area contributed by atoms with Crippen LogP contribution in [-0.2, 0) is 21.9 Å². The Morgan fingerprint density at radius 1 is 0.969 bits per heavy atom. The van der Waals surface area contributed by atoms with Crippen LogP contribution in [0.4, 0.5) is 11.4 Å². The van der Waals surface area contributed by atoms with Gasteiger partial charge in [0.25, 0.3) is 10.0 Å². The Morgan fingerprint density at radius 2 is 1.56 bits per heavy atom. The number of likely N-dealkylation sites (N-methyl/N-ethyl adjacent to an activating group) is 1. The molecule has 0 aliphatic heterocycles. The summed E-state index contributed by atoms with van der Waals surface area (Å²) in [5, 5.41) is 4.28. The molecule has 0 atom stereocenters. The number of anilines is 2. The normalized spacial score (nSPS) is 11.4. The second-order valence-electron chi connectivity index (χ2n) is 7.95. The summed E-state index contributed by atoms with van der Waals surface area (Å²) in [6.45, 7) is 9.19. The van der Waals surface area contributed by atoms with Crippen molar-refractivity contribution in [3.05, 3.63) is 71.0 Å². The van der Waals surface area contributed by atoms with Crippen molar-refractivity contribution in [3.8, 4) is 0 Å². The van der Waals surface area contributed by atoms with Crippen LogP contribution in [0.2, 0.25) is 0 Å². The van der Waals surface area contributed by atoms with E-state index in [9.17, 15) is 13.2 Å². The highest BCUT2D eigenvalue weighted by Gasteiger charge is 2.33. The summed E-state index contributed by atoms with van der Waals surface area (Å²) >= 11 is 0. The number of carbonyl (C=O) groups is 1. The number of carbonyl (C=O) groups excluding carboxylic acids is 1. The fourth-order valence-corrected chi connectivity index (χ4v) is 5.77. The van der Waals surface area contributed by atoms with Gasteiger partial charge in [0.05, 0.1) is 17.1 Å². The first-order valence-electron chi connectivity index (χ1n) is 10.5. The van der Waals surface area contributed by atoms with E-state index in [1.165, 1.54) is 4.31 Å². The number of hydrogen-bond donors (Lipinski definition) is 0. The molecule has 0 bridgehead atoms. The first-order chi connectivity index (χ1) is 15.1. The molecule has 1 heterocycles. The van der Waals surface area contributed by atoms with Gasteiger partial charge in [-0.05, 0) is 70.0 Å². The van der Waals surface area contributed by atoms with Crippen molar-refractivity contribution in [2.75, 3.05) is 22.3 Å². The van der Waals surface area contributed by atoms with Crippen LogP contribution in [0.25, 0.3) is 0 Å². The molecule has 170 valence electrons. The van der Waals surface area contributed by atoms with E-state index >= 15 is 0 Å². The minimum Gasteiger partial charge on any atom is -0.311 e. The van der Waals surface area contributed by atoms with Gasteiger partial charge in [0.2, 0.25) is 5.91 Å². The van der Waals surface area contributed by atoms with E-state index < -0.39 is 10.0 Å². The highest BCUT2D eigenvalue weighted by molar-refractivity contribution is 7.93. The highest BCUT2D eigenvalue weighted by atomic mass is 32.2. The molecule has 0 radical (unpaired) electrons. The summed E-state index contributed by atoms with van der Waals surface area (Å²) in [6, 6.07) is 14.8. The van der Waals surface area contributed by atoms with Crippen LogP contribution >= 0.6 is 0 Å². The van der Waals surface area contributed by atoms with Crippen LogP contribution in [-0.4, -0.2) is 37.2 Å². The molecule has 2 aromatic carbocycles. The summed E-state index contributed by atoms with van der Waals surface area (Å²) in [6.07, 6.45) is 0. The lowest BCUT2D eigenvalue weighted by molar-refractivity contribution is -0.117. The van der Waals surface area contributed by atoms with Gasteiger partial charge < -0.3 is 4.90 Å². The third-order valence-corrected chi connectivity index (χ3v) is 7.48. The molecule has 7 nitrogen and oxygen atoms in total. The molecule has 0 unspecified atom stereocenters. The van der Waals surface area contributed by atoms with Crippen LogP contribution in [0.15, 0.2) is 53.4 Å². The smallest absolute Gasteiger partial charge is 0.268 e. The lowest BCUT2D eigenvalue weighted by atomic mass is 10.1. The Hall–Kier alpha value is -3.13. The molecule has 0 saturated heterocycles. The van der Waals surface area contributed by atoms with Gasteiger partial charge in [-0.1, -0.05) is 24.3 Å². The molecular formula is C24H30N4O3S. The minimum atomic E-state index is -4.04. The standard InChI is InChI=1S/C24H30N4O3S/c1-7-27(21-11-9-8-10-12-21)23(29)16-28(22-14-17(2)13-18(3)15-22)32(30,31)24-19(4)25-26(6)20(24)5/h8-15H,7,16H2,1-6H3. The maximum atomic E-state index is 13.9. The predicted octanol–water partition coefficient (Wildman–Crippen LogP) is 3.90. The number of nitrogens with zero attached hydrogens (tertiary/aromatic N) is 4. The van der Waals surface area contributed by atoms with Crippen molar-refractivity contribution in [1.29, 1.82) is 0 Å². The number of amides is 1. The maximum absolute atomic E-state index is 13.9. The summed E-state index contributed by atoms with van der Waals surface area (Å²) in [4.78, 5) is 15.1. The van der Waals surface area contributed by atoms with E-state index in [0.29, 0.717) is 23.6 Å². The van der Waals surface area contributed by atoms with Crippen molar-refractivity contribution >= 4 is 27.3 Å². The van der Waals surface area contributed by atoms with E-state index in [2.05, 4.69) is 5.10 Å². The Morgan fingerprint density at radius 3 is 2.06 bits per heavy atom. The second-order valence-corrected chi connectivity index (χ2v) is 9.75. The molecule has 3 aromatic rings. The van der Waals surface area contributed by atoms with Crippen molar-refractivity contribution < 1.29 is 13.2 Å². The topological polar surface area (TPSA) is 75.5 Å². The lowest BCUT2D eigenvalue weighted by Gasteiger charge is -2.28. The molecule has 1 aromatic heterocycles. The fraction of sp³-hybridized carbons (Fsp3) is 0.333. The lowest BCUT2D eigenvalue weighted by Crippen LogP contribution is -2.43. The molecule has 0 fully saturated rings. The monoisotopic (exact) mass is 454 g/mol. The average Bonchev–Trinajstić information content (AvgIpc) is 2.98. The molecule has 0 aliphatic carbocycles. The summed E-state index contributed by atoms with van der Waals surface area (Å²) < 4.78 is 30.5. The molecule has 8 heteroatoms. The van der Waals surface area contributed by atoms with E-state index in [0.717, 1.165) is 16.8 Å². The maximum Gasteiger partial charge on any atom is 0.268 e. The molecule has 0 spiro atoms. The molecular weight excluding hydrogens is 424 g/mol. The van der Waals surface area contributed by atoms with Crippen molar-refractivity contribution in [2.24, 2.45) is 7.05 Å². The Balaban J connectivity index is 2.12. The van der Waals surface area contributed by atoms with E-state index in [1.54, 1.807) is 42.6 Å². The fourth-order valence-electron chi connectivity index (χ4n) is 3.97. The summed E-state index contributed by atoms with van der Waals surface area (Å²) in [7, 11) is -2.33. The Labute approximate surface area is 190 Å². The predicted molar refractivity (Wildman–Crippen MR) is 128 cm³/mol. The Bertz CT molecular complexity index is 1210. The zero-order valence-corrected chi connectivity index (χ0v) is 20.3. The minimum absolute atomic E-state index is 0.134. The zero-order chi connectivity index (χ0) is 23.6. The van der Waals surface area contributed by atoms with Crippen LogP contribution in [0.1, 0.15) is 29.4 Å². The van der Waals surface area contributed by atoms with Gasteiger partial charge in [-0.2, -0.15) is 5.10 Å². The van der Waals surface area contributed by atoms with Crippen molar-refractivity contribution in [3.63, 3.8) is 0 Å². The number of aromatic nitrogens is 2. The van der Waals surface area contributed by atoms with E-state index in [1.807, 2.05) is 57.2 Å². The second kappa shape index (κ2) is 9.16. The average molecular weight is 455 g/mol. The van der Waals surface area contributed by atoms with Gasteiger partial charge in [0.15, 0.2) is 0 Å². The van der Waals surface area contributed by atoms with Gasteiger partial charge in [-0.15, -0.1) is 0 Å². The molecule has 1 amide bonds. The van der Waals surface area contributed by atoms with E-state index in [-0.39, 0.29) is 17.3 Å². The third kappa shape index (κ3) is 4.55. The Kier molecular flexibility index (Phi) is 6.74. The number of para-hydroxylation sites is 1. The molecule has 32 heavy (non-hydrogen) atoms. The SMILES string of the molecule is CCN(C(=O)CN(c1cc(C)cc(C)c1)S(=O)(=O)c1c(C)nn(C)c1C)c1ccccc1. The van der Waals surface area contributed by atoms with Crippen LogP contribution in [0.5, 0.6) is 0 Å². The number of hydrogen-bond acceptors (Lipinski definition) is 4. The molecule has 3 rings (SSSR count). The van der Waals surface area contributed by atoms with E-state index in [4.69, 9.17) is 0 Å². The number of benzene rings is 2. The van der Waals surface area contributed by atoms with Gasteiger partial charge >= 0.3 is 0 Å². The number of sulfonamides is 1. The highest BCUT2D eigenvalue weighted by Crippen LogP contribution is 2.29. The van der Waals surface area contributed by atoms with Gasteiger partial charge in [-0.3, -0.25) is 13.8 Å². The third-order valence-electron chi connectivity index (χ3n) is 5.45. The number of aryl methyl sites for hydroxylation is 4. The summed E-state index contributed by atoms with van der Waals surface area (Å²) in [5.41, 5.74) is 3.96. The first kappa shape index (κ1) is 23.5. The molecule has 0 saturated carbocycles. The molecule has 0 N–H and O–H groups in total. The van der Waals surface area contributed by atoms with Gasteiger partial charge in [-0.25, -0.2) is 8.42 Å². The zero-order valence-electron chi connectivity index (χ0n) is 19.5. The molecule has 0 aliphatic rings.